The number of amides is 1. The summed E-state index contributed by atoms with van der Waals surface area (Å²) in [7, 11) is 0. The Morgan fingerprint density at radius 3 is 2.40 bits per heavy atom. The third kappa shape index (κ3) is 7.33. The Labute approximate surface area is 250 Å². The molecule has 0 saturated carbocycles. The Morgan fingerprint density at radius 2 is 1.70 bits per heavy atom. The van der Waals surface area contributed by atoms with E-state index in [0.29, 0.717) is 36.1 Å². The molecule has 2 unspecified atom stereocenters. The zero-order valence-corrected chi connectivity index (χ0v) is 24.8. The molecule has 5 rings (SSSR count). The van der Waals surface area contributed by atoms with Gasteiger partial charge in [-0.3, -0.25) is 19.7 Å². The molecule has 9 heteroatoms. The van der Waals surface area contributed by atoms with Crippen LogP contribution >= 0.6 is 0 Å². The Bertz CT molecular complexity index is 1530. The number of nitrogens with one attached hydrogen (secondary N) is 1. The van der Waals surface area contributed by atoms with Crippen LogP contribution in [0.5, 0.6) is 0 Å². The molecule has 43 heavy (non-hydrogen) atoms. The average Bonchev–Trinajstić information content (AvgIpc) is 3.01. The summed E-state index contributed by atoms with van der Waals surface area (Å²) in [6, 6.07) is 19.9. The Morgan fingerprint density at radius 1 is 0.930 bits per heavy atom. The van der Waals surface area contributed by atoms with Gasteiger partial charge in [-0.2, -0.15) is 13.2 Å². The van der Waals surface area contributed by atoms with Gasteiger partial charge in [0.1, 0.15) is 5.69 Å². The Kier molecular flexibility index (Phi) is 9.30. The molecule has 1 fully saturated rings. The first kappa shape index (κ1) is 30.5. The van der Waals surface area contributed by atoms with Crippen LogP contribution in [0.15, 0.2) is 79.1 Å². The molecule has 2 aromatic heterocycles. The smallest absolute Gasteiger partial charge is 0.369 e. The second-order valence-corrected chi connectivity index (χ2v) is 11.7. The van der Waals surface area contributed by atoms with E-state index in [0.717, 1.165) is 36.5 Å². The summed E-state index contributed by atoms with van der Waals surface area (Å²) in [5, 5.41) is 3.78. The minimum Gasteiger partial charge on any atom is -0.369 e. The number of aromatic nitrogens is 2. The maximum atomic E-state index is 13.3. The number of piperazine rings is 1. The van der Waals surface area contributed by atoms with Crippen LogP contribution in [0.2, 0.25) is 0 Å². The van der Waals surface area contributed by atoms with E-state index in [1.165, 1.54) is 23.5 Å². The summed E-state index contributed by atoms with van der Waals surface area (Å²) in [5.41, 5.74) is 3.42. The number of anilines is 1. The van der Waals surface area contributed by atoms with Gasteiger partial charge in [0, 0.05) is 61.8 Å². The molecule has 3 heterocycles. The van der Waals surface area contributed by atoms with E-state index in [2.05, 4.69) is 70.1 Å². The molecule has 0 spiro atoms. The van der Waals surface area contributed by atoms with Gasteiger partial charge in [-0.15, -0.1) is 0 Å². The molecule has 0 aliphatic carbocycles. The van der Waals surface area contributed by atoms with Crippen LogP contribution in [0.25, 0.3) is 10.9 Å². The number of carbonyl (C=O) groups excluding carboxylic acids is 1. The predicted molar refractivity (Wildman–Crippen MR) is 164 cm³/mol. The highest BCUT2D eigenvalue weighted by Crippen LogP contribution is 2.30. The van der Waals surface area contributed by atoms with Gasteiger partial charge >= 0.3 is 6.18 Å². The van der Waals surface area contributed by atoms with Crippen molar-refractivity contribution in [3.63, 3.8) is 0 Å². The van der Waals surface area contributed by atoms with Crippen molar-refractivity contribution in [1.82, 2.24) is 20.2 Å². The number of benzene rings is 2. The SMILES string of the molecule is CC(C)C(C)Cc1cccc(N2CCN(C(CNC(=O)c3cccc4ncccc34)c3ccc(C(F)(F)F)nc3)CC2)c1. The van der Waals surface area contributed by atoms with Crippen molar-refractivity contribution >= 4 is 22.5 Å². The van der Waals surface area contributed by atoms with Gasteiger partial charge in [-0.1, -0.05) is 51.1 Å². The molecule has 0 bridgehead atoms. The maximum absolute atomic E-state index is 13.3. The topological polar surface area (TPSA) is 61.4 Å². The van der Waals surface area contributed by atoms with Crippen molar-refractivity contribution in [2.24, 2.45) is 11.8 Å². The van der Waals surface area contributed by atoms with Crippen molar-refractivity contribution in [3.05, 3.63) is 102 Å². The summed E-state index contributed by atoms with van der Waals surface area (Å²) in [5.74, 6) is 0.946. The van der Waals surface area contributed by atoms with Crippen LogP contribution in [-0.2, 0) is 12.6 Å². The predicted octanol–water partition coefficient (Wildman–Crippen LogP) is 6.78. The van der Waals surface area contributed by atoms with E-state index < -0.39 is 11.9 Å². The largest absolute Gasteiger partial charge is 0.433 e. The van der Waals surface area contributed by atoms with E-state index in [1.54, 1.807) is 24.4 Å². The molecule has 1 amide bonds. The number of halogens is 3. The highest BCUT2D eigenvalue weighted by atomic mass is 19.4. The zero-order chi connectivity index (χ0) is 30.6. The average molecular weight is 590 g/mol. The van der Waals surface area contributed by atoms with Gasteiger partial charge in [0.15, 0.2) is 0 Å². The molecule has 2 atom stereocenters. The quantitative estimate of drug-likeness (QED) is 0.233. The van der Waals surface area contributed by atoms with Crippen molar-refractivity contribution in [3.8, 4) is 0 Å². The van der Waals surface area contributed by atoms with Gasteiger partial charge in [0.2, 0.25) is 0 Å². The summed E-state index contributed by atoms with van der Waals surface area (Å²) in [6.45, 7) is 9.90. The van der Waals surface area contributed by atoms with Crippen LogP contribution in [-0.4, -0.2) is 53.5 Å². The number of rotatable bonds is 9. The standard InChI is InChI=1S/C34H38F3N5O/c1-23(2)24(3)19-25-7-4-8-27(20-25)41-15-17-42(18-16-41)31(26-12-13-32(39-21-26)34(35,36)37)22-40-33(43)29-9-5-11-30-28(29)10-6-14-38-30/h4-14,20-21,23-24,31H,15-19,22H2,1-3H3,(H,40,43). The van der Waals surface area contributed by atoms with Crippen LogP contribution in [0.3, 0.4) is 0 Å². The van der Waals surface area contributed by atoms with E-state index in [1.807, 2.05) is 12.1 Å². The number of fused-ring (bicyclic) bond motifs is 1. The van der Waals surface area contributed by atoms with E-state index in [4.69, 9.17) is 0 Å². The summed E-state index contributed by atoms with van der Waals surface area (Å²) >= 11 is 0. The van der Waals surface area contributed by atoms with Crippen molar-refractivity contribution < 1.29 is 18.0 Å². The molecule has 1 aliphatic rings. The van der Waals surface area contributed by atoms with Gasteiger partial charge in [-0.05, 0) is 65.8 Å². The summed E-state index contributed by atoms with van der Waals surface area (Å²) < 4.78 is 39.7. The lowest BCUT2D eigenvalue weighted by molar-refractivity contribution is -0.141. The van der Waals surface area contributed by atoms with Gasteiger partial charge in [0.05, 0.1) is 11.6 Å². The normalized spacial score (nSPS) is 15.9. The fraction of sp³-hybridized carbons (Fsp3) is 0.382. The third-order valence-corrected chi connectivity index (χ3v) is 8.53. The van der Waals surface area contributed by atoms with Crippen molar-refractivity contribution in [2.45, 2.75) is 39.4 Å². The Hall–Kier alpha value is -3.98. The molecule has 1 saturated heterocycles. The Balaban J connectivity index is 1.32. The van der Waals surface area contributed by atoms with E-state index in [9.17, 15) is 18.0 Å². The lowest BCUT2D eigenvalue weighted by Gasteiger charge is -2.40. The second kappa shape index (κ2) is 13.1. The van der Waals surface area contributed by atoms with Crippen LogP contribution < -0.4 is 10.2 Å². The molecule has 1 N–H and O–H groups in total. The number of hydrogen-bond acceptors (Lipinski definition) is 5. The minimum absolute atomic E-state index is 0.227. The van der Waals surface area contributed by atoms with Gasteiger partial charge < -0.3 is 10.2 Å². The van der Waals surface area contributed by atoms with Crippen molar-refractivity contribution in [2.75, 3.05) is 37.6 Å². The lowest BCUT2D eigenvalue weighted by atomic mass is 9.91. The highest BCUT2D eigenvalue weighted by molar-refractivity contribution is 6.06. The lowest BCUT2D eigenvalue weighted by Crippen LogP contribution is -2.50. The molecule has 226 valence electrons. The minimum atomic E-state index is -4.52. The molecular weight excluding hydrogens is 551 g/mol. The van der Waals surface area contributed by atoms with Gasteiger partial charge in [-0.25, -0.2) is 0 Å². The fourth-order valence-corrected chi connectivity index (χ4v) is 5.59. The second-order valence-electron chi connectivity index (χ2n) is 11.7. The van der Waals surface area contributed by atoms with E-state index in [-0.39, 0.29) is 18.5 Å². The molecule has 0 radical (unpaired) electrons. The monoisotopic (exact) mass is 589 g/mol. The van der Waals surface area contributed by atoms with Gasteiger partial charge in [0.25, 0.3) is 5.91 Å². The fourth-order valence-electron chi connectivity index (χ4n) is 5.59. The first-order valence-corrected chi connectivity index (χ1v) is 14.8. The first-order chi connectivity index (χ1) is 20.6. The molecule has 1 aliphatic heterocycles. The number of carbonyl (C=O) groups is 1. The summed E-state index contributed by atoms with van der Waals surface area (Å²) in [4.78, 5) is 25.9. The third-order valence-electron chi connectivity index (χ3n) is 8.53. The molecule has 6 nitrogen and oxygen atoms in total. The van der Waals surface area contributed by atoms with E-state index >= 15 is 0 Å². The maximum Gasteiger partial charge on any atom is 0.433 e. The molecule has 2 aromatic carbocycles. The van der Waals surface area contributed by atoms with Crippen molar-refractivity contribution in [1.29, 1.82) is 0 Å². The molecular formula is C34H38F3N5O. The number of nitrogens with zero attached hydrogens (tertiary/aromatic N) is 4. The van der Waals surface area contributed by atoms with Crippen LogP contribution in [0, 0.1) is 11.8 Å². The molecule has 4 aromatic rings. The highest BCUT2D eigenvalue weighted by Gasteiger charge is 2.33. The first-order valence-electron chi connectivity index (χ1n) is 14.8. The van der Waals surface area contributed by atoms with Crippen LogP contribution in [0.1, 0.15) is 54.0 Å². The number of alkyl halides is 3. The van der Waals surface area contributed by atoms with Crippen LogP contribution in [0.4, 0.5) is 18.9 Å². The number of hydrogen-bond donors (Lipinski definition) is 1. The zero-order valence-electron chi connectivity index (χ0n) is 24.8. The number of pyridine rings is 2. The summed E-state index contributed by atoms with van der Waals surface area (Å²) in [6.07, 6.45) is -0.522.